The minimum absolute atomic E-state index is 0.756. The fraction of sp³-hybridized carbons (Fsp3) is 0.294. The van der Waals surface area contributed by atoms with Gasteiger partial charge in [-0.3, -0.25) is 0 Å². The molecule has 0 aromatic heterocycles. The van der Waals surface area contributed by atoms with Crippen LogP contribution in [0.4, 0.5) is 11.4 Å². The maximum absolute atomic E-state index is 6.26. The smallest absolute Gasteiger partial charge is 0.0496 e. The molecular weight excluding hydrogens is 599 g/mol. The zero-order chi connectivity index (χ0) is 29.2. The predicted molar refractivity (Wildman–Crippen MR) is 185 cm³/mol. The second-order valence-electron chi connectivity index (χ2n) is 9.88. The molecule has 42 heavy (non-hydrogen) atoms. The van der Waals surface area contributed by atoms with Gasteiger partial charge in [-0.1, -0.05) is 83.1 Å². The SMILES string of the molecule is Clc1ccc(Sc2ccccc2)c(NCCCNCCCCNCCCNc2cc(Cl)ccc2Sc2ccccc2)c1. The Morgan fingerprint density at radius 3 is 1.29 bits per heavy atom. The molecule has 0 aliphatic rings. The summed E-state index contributed by atoms with van der Waals surface area (Å²) in [5.74, 6) is 0. The lowest BCUT2D eigenvalue weighted by molar-refractivity contribution is 0.573. The first-order valence-electron chi connectivity index (χ1n) is 14.6. The molecule has 4 aromatic rings. The Morgan fingerprint density at radius 2 is 0.857 bits per heavy atom. The van der Waals surface area contributed by atoms with Crippen LogP contribution in [0.5, 0.6) is 0 Å². The van der Waals surface area contributed by atoms with Crippen molar-refractivity contribution in [2.75, 3.05) is 49.9 Å². The maximum atomic E-state index is 6.26. The number of hydrogen-bond donors (Lipinski definition) is 4. The third-order valence-corrected chi connectivity index (χ3v) is 9.11. The van der Waals surface area contributed by atoms with Crippen molar-refractivity contribution in [3.05, 3.63) is 107 Å². The summed E-state index contributed by atoms with van der Waals surface area (Å²) in [5.41, 5.74) is 2.19. The standard InChI is InChI=1S/C34H40Cl2N4S2/c35-27-15-17-33(41-29-11-3-1-4-12-29)31(25-27)39-23-9-21-37-19-7-8-20-38-22-10-24-40-32-26-28(36)16-18-34(32)42-30-13-5-2-6-14-30/h1-6,11-18,25-26,37-40H,7-10,19-24H2. The van der Waals surface area contributed by atoms with Gasteiger partial charge in [-0.2, -0.15) is 0 Å². The van der Waals surface area contributed by atoms with Gasteiger partial charge in [-0.15, -0.1) is 0 Å². The van der Waals surface area contributed by atoms with Gasteiger partial charge >= 0.3 is 0 Å². The molecule has 0 aliphatic heterocycles. The van der Waals surface area contributed by atoms with E-state index in [0.717, 1.165) is 73.5 Å². The molecule has 4 rings (SSSR count). The molecule has 0 unspecified atom stereocenters. The van der Waals surface area contributed by atoms with Gasteiger partial charge in [0.1, 0.15) is 0 Å². The highest BCUT2D eigenvalue weighted by Crippen LogP contribution is 2.36. The highest BCUT2D eigenvalue weighted by molar-refractivity contribution is 7.99. The summed E-state index contributed by atoms with van der Waals surface area (Å²) in [7, 11) is 0. The fourth-order valence-corrected chi connectivity index (χ4v) is 6.51. The molecule has 0 spiro atoms. The number of nitrogens with one attached hydrogen (secondary N) is 4. The van der Waals surface area contributed by atoms with Gasteiger partial charge in [0.2, 0.25) is 0 Å². The van der Waals surface area contributed by atoms with Crippen LogP contribution < -0.4 is 21.3 Å². The topological polar surface area (TPSA) is 48.1 Å². The van der Waals surface area contributed by atoms with E-state index in [4.69, 9.17) is 23.2 Å². The van der Waals surface area contributed by atoms with Crippen molar-refractivity contribution < 1.29 is 0 Å². The second kappa shape index (κ2) is 19.1. The summed E-state index contributed by atoms with van der Waals surface area (Å²) in [6.45, 7) is 5.92. The van der Waals surface area contributed by atoms with Crippen molar-refractivity contribution in [3.8, 4) is 0 Å². The fourth-order valence-electron chi connectivity index (χ4n) is 4.31. The van der Waals surface area contributed by atoms with Gasteiger partial charge in [0, 0.05) is 54.1 Å². The highest BCUT2D eigenvalue weighted by Gasteiger charge is 2.07. The summed E-state index contributed by atoms with van der Waals surface area (Å²) in [6, 6.07) is 33.0. The van der Waals surface area contributed by atoms with Gasteiger partial charge in [-0.05, 0) is 113 Å². The van der Waals surface area contributed by atoms with E-state index in [0.29, 0.717) is 0 Å². The van der Waals surface area contributed by atoms with Crippen molar-refractivity contribution in [2.24, 2.45) is 0 Å². The number of unbranched alkanes of at least 4 members (excludes halogenated alkanes) is 1. The lowest BCUT2D eigenvalue weighted by Gasteiger charge is -2.13. The molecule has 0 saturated carbocycles. The van der Waals surface area contributed by atoms with E-state index in [2.05, 4.69) is 81.9 Å². The first-order valence-corrected chi connectivity index (χ1v) is 17.0. The van der Waals surface area contributed by atoms with Gasteiger partial charge < -0.3 is 21.3 Å². The molecular formula is C34H40Cl2N4S2. The van der Waals surface area contributed by atoms with Crippen LogP contribution in [0.3, 0.4) is 0 Å². The minimum Gasteiger partial charge on any atom is -0.384 e. The normalized spacial score (nSPS) is 11.0. The van der Waals surface area contributed by atoms with Crippen molar-refractivity contribution in [1.82, 2.24) is 10.6 Å². The zero-order valence-electron chi connectivity index (χ0n) is 23.9. The van der Waals surface area contributed by atoms with Crippen molar-refractivity contribution in [3.63, 3.8) is 0 Å². The lowest BCUT2D eigenvalue weighted by Crippen LogP contribution is -2.22. The zero-order valence-corrected chi connectivity index (χ0v) is 27.0. The lowest BCUT2D eigenvalue weighted by atomic mass is 10.3. The molecule has 222 valence electrons. The largest absolute Gasteiger partial charge is 0.384 e. The van der Waals surface area contributed by atoms with E-state index >= 15 is 0 Å². The molecule has 4 nitrogen and oxygen atoms in total. The Kier molecular flexibility index (Phi) is 14.8. The van der Waals surface area contributed by atoms with Crippen LogP contribution in [0.25, 0.3) is 0 Å². The van der Waals surface area contributed by atoms with Gasteiger partial charge in [0.05, 0.1) is 0 Å². The molecule has 0 bridgehead atoms. The summed E-state index contributed by atoms with van der Waals surface area (Å²) in [5, 5.41) is 15.8. The van der Waals surface area contributed by atoms with Crippen molar-refractivity contribution in [2.45, 2.75) is 45.3 Å². The quantitative estimate of drug-likeness (QED) is 0.0767. The number of hydrogen-bond acceptors (Lipinski definition) is 6. The van der Waals surface area contributed by atoms with Crippen molar-refractivity contribution in [1.29, 1.82) is 0 Å². The van der Waals surface area contributed by atoms with E-state index in [1.807, 2.05) is 36.4 Å². The molecule has 0 atom stereocenters. The Bertz CT molecular complexity index is 1220. The van der Waals surface area contributed by atoms with Gasteiger partial charge in [0.15, 0.2) is 0 Å². The molecule has 0 heterocycles. The van der Waals surface area contributed by atoms with Gasteiger partial charge in [-0.25, -0.2) is 0 Å². The van der Waals surface area contributed by atoms with Crippen LogP contribution in [0.15, 0.2) is 117 Å². The molecule has 8 heteroatoms. The monoisotopic (exact) mass is 638 g/mol. The van der Waals surface area contributed by atoms with Gasteiger partial charge in [0.25, 0.3) is 0 Å². The molecule has 0 amide bonds. The Labute approximate surface area is 269 Å². The van der Waals surface area contributed by atoms with E-state index < -0.39 is 0 Å². The molecule has 0 fully saturated rings. The number of anilines is 2. The predicted octanol–water partition coefficient (Wildman–Crippen LogP) is 9.56. The molecule has 0 saturated heterocycles. The van der Waals surface area contributed by atoms with Crippen LogP contribution in [-0.4, -0.2) is 39.3 Å². The molecule has 0 radical (unpaired) electrons. The Hall–Kier alpha value is -2.32. The number of halogens is 2. The number of benzene rings is 4. The Morgan fingerprint density at radius 1 is 0.452 bits per heavy atom. The first kappa shape index (κ1) is 32.6. The summed E-state index contributed by atoms with van der Waals surface area (Å²) in [6.07, 6.45) is 4.47. The minimum atomic E-state index is 0.756. The third-order valence-electron chi connectivity index (χ3n) is 6.47. The summed E-state index contributed by atoms with van der Waals surface area (Å²) in [4.78, 5) is 4.83. The second-order valence-corrected chi connectivity index (χ2v) is 13.0. The van der Waals surface area contributed by atoms with E-state index in [1.165, 1.54) is 32.4 Å². The molecule has 4 aromatic carbocycles. The number of rotatable bonds is 19. The van der Waals surface area contributed by atoms with Crippen LogP contribution in [0.2, 0.25) is 10.0 Å². The highest BCUT2D eigenvalue weighted by atomic mass is 35.5. The summed E-state index contributed by atoms with van der Waals surface area (Å²) < 4.78 is 0. The maximum Gasteiger partial charge on any atom is 0.0496 e. The third kappa shape index (κ3) is 12.1. The van der Waals surface area contributed by atoms with Crippen LogP contribution >= 0.6 is 46.7 Å². The van der Waals surface area contributed by atoms with Crippen LogP contribution in [0.1, 0.15) is 25.7 Å². The van der Waals surface area contributed by atoms with E-state index in [-0.39, 0.29) is 0 Å². The van der Waals surface area contributed by atoms with E-state index in [1.54, 1.807) is 23.5 Å². The average molecular weight is 640 g/mol. The Balaban J connectivity index is 1.01. The van der Waals surface area contributed by atoms with Crippen molar-refractivity contribution >= 4 is 58.1 Å². The molecule has 4 N–H and O–H groups in total. The average Bonchev–Trinajstić information content (AvgIpc) is 3.01. The van der Waals surface area contributed by atoms with Crippen LogP contribution in [0, 0.1) is 0 Å². The molecule has 0 aliphatic carbocycles. The van der Waals surface area contributed by atoms with E-state index in [9.17, 15) is 0 Å². The van der Waals surface area contributed by atoms with Crippen LogP contribution in [-0.2, 0) is 0 Å². The first-order chi connectivity index (χ1) is 20.7. The summed E-state index contributed by atoms with van der Waals surface area (Å²) >= 11 is 16.0.